The topological polar surface area (TPSA) is 121 Å². The lowest BCUT2D eigenvalue weighted by molar-refractivity contribution is 0.102. The molecule has 0 aromatic heterocycles. The van der Waals surface area contributed by atoms with Crippen LogP contribution in [0.4, 0.5) is 5.69 Å². The van der Waals surface area contributed by atoms with Crippen molar-refractivity contribution in [3.05, 3.63) is 53.6 Å². The average Bonchev–Trinajstić information content (AvgIpc) is 2.67. The summed E-state index contributed by atoms with van der Waals surface area (Å²) in [7, 11) is -7.45. The molecule has 0 radical (unpaired) electrons. The first-order valence-corrected chi connectivity index (χ1v) is 13.0. The maximum atomic E-state index is 12.8. The number of nitrogens with one attached hydrogen (secondary N) is 3. The van der Waals surface area contributed by atoms with Crippen LogP contribution in [0.25, 0.3) is 0 Å². The average molecular weight is 468 g/mol. The van der Waals surface area contributed by atoms with Crippen LogP contribution in [0.2, 0.25) is 0 Å². The Morgan fingerprint density at radius 1 is 0.968 bits per heavy atom. The van der Waals surface area contributed by atoms with Gasteiger partial charge in [0.1, 0.15) is 0 Å². The summed E-state index contributed by atoms with van der Waals surface area (Å²) < 4.78 is 54.7. The third-order valence-electron chi connectivity index (χ3n) is 4.38. The molecule has 1 amide bonds. The van der Waals surface area contributed by atoms with E-state index < -0.39 is 26.0 Å². The van der Waals surface area contributed by atoms with E-state index in [1.807, 2.05) is 6.92 Å². The van der Waals surface area contributed by atoms with Crippen molar-refractivity contribution in [3.8, 4) is 0 Å². The van der Waals surface area contributed by atoms with E-state index in [2.05, 4.69) is 14.8 Å². The second-order valence-corrected chi connectivity index (χ2v) is 11.0. The Bertz CT molecular complexity index is 1140. The number of anilines is 1. The minimum Gasteiger partial charge on any atom is -0.322 e. The van der Waals surface area contributed by atoms with Gasteiger partial charge in [0.05, 0.1) is 9.79 Å². The molecule has 0 aliphatic carbocycles. The third kappa shape index (κ3) is 6.86. The van der Waals surface area contributed by atoms with E-state index >= 15 is 0 Å². The summed E-state index contributed by atoms with van der Waals surface area (Å²) in [6.07, 6.45) is 1.58. The molecule has 0 saturated heterocycles. The minimum absolute atomic E-state index is 0.0200. The summed E-state index contributed by atoms with van der Waals surface area (Å²) in [6.45, 7) is 7.40. The van der Waals surface area contributed by atoms with Gasteiger partial charge in [-0.15, -0.1) is 0 Å². The van der Waals surface area contributed by atoms with Crippen LogP contribution in [0.1, 0.15) is 49.5 Å². The maximum Gasteiger partial charge on any atom is 0.255 e. The van der Waals surface area contributed by atoms with Gasteiger partial charge in [-0.2, -0.15) is 0 Å². The lowest BCUT2D eigenvalue weighted by atomic mass is 10.1. The predicted molar refractivity (Wildman–Crippen MR) is 121 cm³/mol. The highest BCUT2D eigenvalue weighted by atomic mass is 32.2. The van der Waals surface area contributed by atoms with Crippen LogP contribution in [0.5, 0.6) is 0 Å². The van der Waals surface area contributed by atoms with Crippen molar-refractivity contribution >= 4 is 31.6 Å². The molecule has 0 unspecified atom stereocenters. The fraction of sp³-hybridized carbons (Fsp3) is 0.381. The van der Waals surface area contributed by atoms with Crippen LogP contribution >= 0.6 is 0 Å². The van der Waals surface area contributed by atoms with Crippen molar-refractivity contribution in [1.29, 1.82) is 0 Å². The maximum absolute atomic E-state index is 12.8. The lowest BCUT2D eigenvalue weighted by Crippen LogP contribution is -2.30. The molecule has 0 aliphatic heterocycles. The van der Waals surface area contributed by atoms with Crippen LogP contribution in [0.3, 0.4) is 0 Å². The van der Waals surface area contributed by atoms with Gasteiger partial charge >= 0.3 is 0 Å². The molecule has 0 heterocycles. The molecule has 0 saturated carbocycles. The van der Waals surface area contributed by atoms with E-state index in [0.717, 1.165) is 12.8 Å². The number of sulfonamides is 2. The summed E-state index contributed by atoms with van der Waals surface area (Å²) in [6, 6.07) is 9.92. The van der Waals surface area contributed by atoms with E-state index in [1.165, 1.54) is 30.3 Å². The van der Waals surface area contributed by atoms with Crippen LogP contribution in [-0.4, -0.2) is 35.3 Å². The quantitative estimate of drug-likeness (QED) is 0.464. The third-order valence-corrected chi connectivity index (χ3v) is 7.49. The predicted octanol–water partition coefficient (Wildman–Crippen LogP) is 3.01. The summed E-state index contributed by atoms with van der Waals surface area (Å²) in [4.78, 5) is 12.8. The SMILES string of the molecule is CCCCNS(=O)(=O)c1cccc(NC(=O)c2cc(S(=O)(=O)NC(C)C)ccc2C)c1. The first-order chi connectivity index (χ1) is 14.5. The molecule has 0 bridgehead atoms. The number of hydrogen-bond acceptors (Lipinski definition) is 5. The highest BCUT2D eigenvalue weighted by molar-refractivity contribution is 7.89. The molecule has 3 N–H and O–H groups in total. The van der Waals surface area contributed by atoms with E-state index in [9.17, 15) is 21.6 Å². The van der Waals surface area contributed by atoms with Gasteiger partial charge in [-0.25, -0.2) is 26.3 Å². The van der Waals surface area contributed by atoms with Crippen LogP contribution in [0.15, 0.2) is 52.3 Å². The Kier molecular flexibility index (Phi) is 8.35. The van der Waals surface area contributed by atoms with Gasteiger partial charge < -0.3 is 5.32 Å². The minimum atomic E-state index is -3.76. The zero-order valence-corrected chi connectivity index (χ0v) is 19.7. The van der Waals surface area contributed by atoms with Gasteiger partial charge in [0.15, 0.2) is 0 Å². The first-order valence-electron chi connectivity index (χ1n) is 10.0. The molecular weight excluding hydrogens is 438 g/mol. The molecule has 0 fully saturated rings. The molecule has 10 heteroatoms. The number of carbonyl (C=O) groups is 1. The molecule has 0 atom stereocenters. The van der Waals surface area contributed by atoms with Crippen LogP contribution in [0, 0.1) is 6.92 Å². The molecule has 2 aromatic rings. The van der Waals surface area contributed by atoms with Gasteiger partial charge in [-0.3, -0.25) is 4.79 Å². The van der Waals surface area contributed by atoms with Crippen molar-refractivity contribution in [3.63, 3.8) is 0 Å². The van der Waals surface area contributed by atoms with Gasteiger partial charge in [-0.05, 0) is 63.1 Å². The standard InChI is InChI=1S/C21H29N3O5S2/c1-5-6-12-22-30(26,27)18-9-7-8-17(13-18)23-21(25)20-14-19(11-10-16(20)4)31(28,29)24-15(2)3/h7-11,13-15,22,24H,5-6,12H2,1-4H3,(H,23,25). The van der Waals surface area contributed by atoms with Gasteiger partial charge in [-0.1, -0.05) is 25.5 Å². The van der Waals surface area contributed by atoms with Crippen molar-refractivity contribution < 1.29 is 21.6 Å². The number of aryl methyl sites for hydroxylation is 1. The van der Waals surface area contributed by atoms with E-state index in [-0.39, 0.29) is 27.1 Å². The Balaban J connectivity index is 2.27. The number of unbranched alkanes of at least 4 members (excludes halogenated alkanes) is 1. The molecule has 31 heavy (non-hydrogen) atoms. The number of hydrogen-bond donors (Lipinski definition) is 3. The molecular formula is C21H29N3O5S2. The van der Waals surface area contributed by atoms with Crippen molar-refractivity contribution in [2.75, 3.05) is 11.9 Å². The van der Waals surface area contributed by atoms with E-state index in [4.69, 9.17) is 0 Å². The number of carbonyl (C=O) groups excluding carboxylic acids is 1. The Morgan fingerprint density at radius 2 is 1.65 bits per heavy atom. The largest absolute Gasteiger partial charge is 0.322 e. The Morgan fingerprint density at radius 3 is 2.29 bits per heavy atom. The monoisotopic (exact) mass is 467 g/mol. The van der Waals surface area contributed by atoms with Crippen LogP contribution < -0.4 is 14.8 Å². The summed E-state index contributed by atoms with van der Waals surface area (Å²) in [5, 5.41) is 2.65. The van der Waals surface area contributed by atoms with Gasteiger partial charge in [0, 0.05) is 23.8 Å². The second-order valence-electron chi connectivity index (χ2n) is 7.49. The van der Waals surface area contributed by atoms with Crippen molar-refractivity contribution in [1.82, 2.24) is 9.44 Å². The first kappa shape index (κ1) is 25.0. The van der Waals surface area contributed by atoms with E-state index in [1.54, 1.807) is 32.9 Å². The van der Waals surface area contributed by atoms with Crippen LogP contribution in [-0.2, 0) is 20.0 Å². The molecule has 170 valence electrons. The van der Waals surface area contributed by atoms with Gasteiger partial charge in [0.2, 0.25) is 20.0 Å². The molecule has 8 nitrogen and oxygen atoms in total. The molecule has 2 aromatic carbocycles. The number of amides is 1. The smallest absolute Gasteiger partial charge is 0.255 e. The number of rotatable bonds is 10. The zero-order valence-electron chi connectivity index (χ0n) is 18.1. The summed E-state index contributed by atoms with van der Waals surface area (Å²) in [5.74, 6) is -0.535. The Hall–Kier alpha value is -2.27. The molecule has 0 aliphatic rings. The van der Waals surface area contributed by atoms with Crippen molar-refractivity contribution in [2.24, 2.45) is 0 Å². The highest BCUT2D eigenvalue weighted by Crippen LogP contribution is 2.20. The highest BCUT2D eigenvalue weighted by Gasteiger charge is 2.20. The van der Waals surface area contributed by atoms with E-state index in [0.29, 0.717) is 12.1 Å². The Labute approximate surface area is 184 Å². The second kappa shape index (κ2) is 10.4. The summed E-state index contributed by atoms with van der Waals surface area (Å²) in [5.41, 5.74) is 1.06. The zero-order chi connectivity index (χ0) is 23.2. The molecule has 2 rings (SSSR count). The molecule has 0 spiro atoms. The normalized spacial score (nSPS) is 12.2. The van der Waals surface area contributed by atoms with Crippen molar-refractivity contribution in [2.45, 2.75) is 56.4 Å². The van der Waals surface area contributed by atoms with Gasteiger partial charge in [0.25, 0.3) is 5.91 Å². The number of benzene rings is 2. The summed E-state index contributed by atoms with van der Waals surface area (Å²) >= 11 is 0. The lowest BCUT2D eigenvalue weighted by Gasteiger charge is -2.13. The fourth-order valence-electron chi connectivity index (χ4n) is 2.80. The fourth-order valence-corrected chi connectivity index (χ4v) is 5.19.